The lowest BCUT2D eigenvalue weighted by atomic mass is 10.2. The maximum atomic E-state index is 5.88. The van der Waals surface area contributed by atoms with E-state index in [0.717, 1.165) is 15.8 Å². The molecule has 1 nitrogen and oxygen atoms in total. The third kappa shape index (κ3) is 1.88. The molecule has 0 aromatic heterocycles. The predicted molar refractivity (Wildman–Crippen MR) is 50.4 cm³/mol. The van der Waals surface area contributed by atoms with Crippen molar-refractivity contribution < 1.29 is 4.74 Å². The fraction of sp³-hybridized carbons (Fsp3) is 0.250. The molecule has 0 radical (unpaired) electrons. The zero-order valence-electron chi connectivity index (χ0n) is 6.32. The van der Waals surface area contributed by atoms with E-state index in [4.69, 9.17) is 16.3 Å². The number of hydrogen-bond acceptors (Lipinski definition) is 1. The molecule has 1 rings (SSSR count). The minimum absolute atomic E-state index is 0.638. The normalized spacial score (nSPS) is 9.82. The molecule has 0 bridgehead atoms. The van der Waals surface area contributed by atoms with Crippen LogP contribution in [0.5, 0.6) is 5.75 Å². The number of rotatable bonds is 1. The van der Waals surface area contributed by atoms with E-state index in [1.165, 1.54) is 0 Å². The number of halogens is 2. The van der Waals surface area contributed by atoms with Gasteiger partial charge in [-0.3, -0.25) is 0 Å². The second kappa shape index (κ2) is 3.46. The van der Waals surface area contributed by atoms with E-state index in [2.05, 4.69) is 15.9 Å². The van der Waals surface area contributed by atoms with Gasteiger partial charge < -0.3 is 4.74 Å². The summed E-state index contributed by atoms with van der Waals surface area (Å²) in [6, 6.07) is 3.78. The molecule has 0 atom stereocenters. The zero-order valence-corrected chi connectivity index (χ0v) is 8.66. The number of hydrogen-bond donors (Lipinski definition) is 0. The summed E-state index contributed by atoms with van der Waals surface area (Å²) in [4.78, 5) is 0. The fourth-order valence-electron chi connectivity index (χ4n) is 0.948. The first-order valence-corrected chi connectivity index (χ1v) is 4.32. The quantitative estimate of drug-likeness (QED) is 0.725. The Morgan fingerprint density at radius 1 is 1.45 bits per heavy atom. The Labute approximate surface area is 79.4 Å². The van der Waals surface area contributed by atoms with E-state index in [1.807, 2.05) is 19.1 Å². The van der Waals surface area contributed by atoms with Gasteiger partial charge in [-0.2, -0.15) is 0 Å². The second-order valence-corrected chi connectivity index (χ2v) is 3.56. The SMILES string of the molecule is COc1c(C)cc(Br)cc1Cl. The Hall–Kier alpha value is -0.210. The molecule has 0 saturated heterocycles. The maximum absolute atomic E-state index is 5.88. The van der Waals surface area contributed by atoms with Crippen molar-refractivity contribution >= 4 is 27.5 Å². The molecule has 0 N–H and O–H groups in total. The monoisotopic (exact) mass is 234 g/mol. The number of methoxy groups -OCH3 is 1. The highest BCUT2D eigenvalue weighted by molar-refractivity contribution is 9.10. The van der Waals surface area contributed by atoms with Crippen molar-refractivity contribution in [3.05, 3.63) is 27.2 Å². The van der Waals surface area contributed by atoms with Crippen LogP contribution in [-0.2, 0) is 0 Å². The molecule has 0 unspecified atom stereocenters. The summed E-state index contributed by atoms with van der Waals surface area (Å²) < 4.78 is 6.05. The largest absolute Gasteiger partial charge is 0.495 e. The molecular formula is C8H8BrClO. The van der Waals surface area contributed by atoms with Crippen molar-refractivity contribution in [3.8, 4) is 5.75 Å². The molecular weight excluding hydrogens is 227 g/mol. The molecule has 0 aliphatic carbocycles. The fourth-order valence-corrected chi connectivity index (χ4v) is 2.00. The van der Waals surface area contributed by atoms with Crippen molar-refractivity contribution in [3.63, 3.8) is 0 Å². The Kier molecular flexibility index (Phi) is 2.79. The lowest BCUT2D eigenvalue weighted by molar-refractivity contribution is 0.412. The van der Waals surface area contributed by atoms with E-state index < -0.39 is 0 Å². The minimum Gasteiger partial charge on any atom is -0.495 e. The lowest BCUT2D eigenvalue weighted by Gasteiger charge is -2.06. The highest BCUT2D eigenvalue weighted by Crippen LogP contribution is 2.31. The van der Waals surface area contributed by atoms with Gasteiger partial charge in [-0.25, -0.2) is 0 Å². The van der Waals surface area contributed by atoms with Crippen LogP contribution in [0.15, 0.2) is 16.6 Å². The molecule has 0 fully saturated rings. The first kappa shape index (κ1) is 8.88. The third-order valence-corrected chi connectivity index (χ3v) is 2.14. The van der Waals surface area contributed by atoms with Crippen LogP contribution < -0.4 is 4.74 Å². The Balaban J connectivity index is 3.25. The first-order chi connectivity index (χ1) is 5.15. The van der Waals surface area contributed by atoms with Gasteiger partial charge in [0.15, 0.2) is 0 Å². The Bertz CT molecular complexity index is 250. The average molecular weight is 236 g/mol. The van der Waals surface area contributed by atoms with Gasteiger partial charge in [0, 0.05) is 4.47 Å². The predicted octanol–water partition coefficient (Wildman–Crippen LogP) is 3.42. The van der Waals surface area contributed by atoms with Crippen LogP contribution in [0.3, 0.4) is 0 Å². The van der Waals surface area contributed by atoms with Gasteiger partial charge in [-0.15, -0.1) is 0 Å². The molecule has 11 heavy (non-hydrogen) atoms. The summed E-state index contributed by atoms with van der Waals surface area (Å²) in [5.74, 6) is 0.745. The van der Waals surface area contributed by atoms with Crippen LogP contribution in [0.2, 0.25) is 5.02 Å². The molecule has 0 saturated carbocycles. The molecule has 0 heterocycles. The topological polar surface area (TPSA) is 9.23 Å². The van der Waals surface area contributed by atoms with E-state index in [-0.39, 0.29) is 0 Å². The molecule has 1 aromatic carbocycles. The number of ether oxygens (including phenoxy) is 1. The summed E-state index contributed by atoms with van der Waals surface area (Å²) >= 11 is 9.22. The van der Waals surface area contributed by atoms with Gasteiger partial charge in [0.25, 0.3) is 0 Å². The van der Waals surface area contributed by atoms with Crippen molar-refractivity contribution in [2.75, 3.05) is 7.11 Å². The van der Waals surface area contributed by atoms with Crippen molar-refractivity contribution in [1.29, 1.82) is 0 Å². The molecule has 0 amide bonds. The molecule has 0 aliphatic heterocycles. The van der Waals surface area contributed by atoms with Gasteiger partial charge >= 0.3 is 0 Å². The number of benzene rings is 1. The van der Waals surface area contributed by atoms with Gasteiger partial charge in [-0.1, -0.05) is 27.5 Å². The zero-order chi connectivity index (χ0) is 8.43. The van der Waals surface area contributed by atoms with Gasteiger partial charge in [0.2, 0.25) is 0 Å². The third-order valence-electron chi connectivity index (χ3n) is 1.40. The summed E-state index contributed by atoms with van der Waals surface area (Å²) in [6.07, 6.45) is 0. The van der Waals surface area contributed by atoms with E-state index in [9.17, 15) is 0 Å². The lowest BCUT2D eigenvalue weighted by Crippen LogP contribution is -1.87. The van der Waals surface area contributed by atoms with Crippen LogP contribution in [0.25, 0.3) is 0 Å². The standard InChI is InChI=1S/C8H8BrClO/c1-5-3-6(9)4-7(10)8(5)11-2/h3-4H,1-2H3. The van der Waals surface area contributed by atoms with Gasteiger partial charge in [0.05, 0.1) is 12.1 Å². The summed E-state index contributed by atoms with van der Waals surface area (Å²) in [7, 11) is 1.61. The van der Waals surface area contributed by atoms with Crippen LogP contribution in [0.1, 0.15) is 5.56 Å². The number of aryl methyl sites for hydroxylation is 1. The Morgan fingerprint density at radius 3 is 2.55 bits per heavy atom. The molecule has 1 aromatic rings. The summed E-state index contributed by atoms with van der Waals surface area (Å²) in [6.45, 7) is 1.95. The average Bonchev–Trinajstić information content (AvgIpc) is 1.85. The van der Waals surface area contributed by atoms with E-state index in [0.29, 0.717) is 5.02 Å². The molecule has 0 aliphatic rings. The minimum atomic E-state index is 0.638. The summed E-state index contributed by atoms with van der Waals surface area (Å²) in [5.41, 5.74) is 1.03. The van der Waals surface area contributed by atoms with Crippen molar-refractivity contribution in [1.82, 2.24) is 0 Å². The van der Waals surface area contributed by atoms with Gasteiger partial charge in [0.1, 0.15) is 5.75 Å². The van der Waals surface area contributed by atoms with E-state index >= 15 is 0 Å². The van der Waals surface area contributed by atoms with Crippen LogP contribution in [0.4, 0.5) is 0 Å². The van der Waals surface area contributed by atoms with E-state index in [1.54, 1.807) is 7.11 Å². The van der Waals surface area contributed by atoms with Gasteiger partial charge in [-0.05, 0) is 24.6 Å². The smallest absolute Gasteiger partial charge is 0.140 e. The van der Waals surface area contributed by atoms with Crippen LogP contribution >= 0.6 is 27.5 Å². The second-order valence-electron chi connectivity index (χ2n) is 2.24. The van der Waals surface area contributed by atoms with Crippen LogP contribution in [-0.4, -0.2) is 7.11 Å². The van der Waals surface area contributed by atoms with Crippen LogP contribution in [0, 0.1) is 6.92 Å². The highest BCUT2D eigenvalue weighted by Gasteiger charge is 2.04. The highest BCUT2D eigenvalue weighted by atomic mass is 79.9. The first-order valence-electron chi connectivity index (χ1n) is 3.15. The Morgan fingerprint density at radius 2 is 2.09 bits per heavy atom. The molecule has 0 spiro atoms. The maximum Gasteiger partial charge on any atom is 0.140 e. The van der Waals surface area contributed by atoms with Crippen molar-refractivity contribution in [2.24, 2.45) is 0 Å². The van der Waals surface area contributed by atoms with Crippen molar-refractivity contribution in [2.45, 2.75) is 6.92 Å². The molecule has 3 heteroatoms. The molecule has 60 valence electrons. The summed E-state index contributed by atoms with van der Waals surface area (Å²) in [5, 5.41) is 0.638.